The molecule has 3 aromatic rings. The van der Waals surface area contributed by atoms with Crippen molar-refractivity contribution in [1.82, 2.24) is 14.9 Å². The molecule has 1 N–H and O–H groups in total. The number of H-pyrrole nitrogens is 1. The molecule has 1 amide bonds. The molecule has 1 unspecified atom stereocenters. The van der Waals surface area contributed by atoms with E-state index in [1.807, 2.05) is 31.2 Å². The summed E-state index contributed by atoms with van der Waals surface area (Å²) in [6, 6.07) is 14.3. The van der Waals surface area contributed by atoms with Crippen LogP contribution in [0.25, 0.3) is 0 Å². The van der Waals surface area contributed by atoms with Crippen molar-refractivity contribution in [1.29, 1.82) is 0 Å². The van der Waals surface area contributed by atoms with Crippen LogP contribution in [0.5, 0.6) is 0 Å². The molecule has 0 aliphatic carbocycles. The van der Waals surface area contributed by atoms with E-state index in [1.165, 1.54) is 18.5 Å². The number of nitrogens with zero attached hydrogens (tertiary/aromatic N) is 4. The molecule has 0 spiro atoms. The molecule has 29 heavy (non-hydrogen) atoms. The van der Waals surface area contributed by atoms with Crippen LogP contribution in [0.4, 0.5) is 10.2 Å². The quantitative estimate of drug-likeness (QED) is 0.745. The number of halogens is 1. The average Bonchev–Trinajstić information content (AvgIpc) is 3.25. The second kappa shape index (κ2) is 6.48. The second-order valence-corrected chi connectivity index (χ2v) is 7.35. The number of hydrogen-bond donors (Lipinski definition) is 1. The van der Waals surface area contributed by atoms with Gasteiger partial charge >= 0.3 is 0 Å². The van der Waals surface area contributed by atoms with Crippen LogP contribution in [0.2, 0.25) is 0 Å². The molecule has 1 atom stereocenters. The molecule has 144 valence electrons. The number of hydrogen-bond acceptors (Lipinski definition) is 4. The third-order valence-corrected chi connectivity index (χ3v) is 5.56. The number of benzene rings is 2. The van der Waals surface area contributed by atoms with Gasteiger partial charge < -0.3 is 4.98 Å². The number of aliphatic imine (C=N–C) groups is 2. The van der Waals surface area contributed by atoms with Gasteiger partial charge in [-0.15, -0.1) is 0 Å². The van der Waals surface area contributed by atoms with Crippen molar-refractivity contribution in [3.05, 3.63) is 83.1 Å². The van der Waals surface area contributed by atoms with Crippen molar-refractivity contribution < 1.29 is 9.18 Å². The summed E-state index contributed by atoms with van der Waals surface area (Å²) in [7, 11) is 0. The fourth-order valence-electron chi connectivity index (χ4n) is 4.12. The first-order valence-electron chi connectivity index (χ1n) is 9.34. The van der Waals surface area contributed by atoms with Gasteiger partial charge in [-0.05, 0) is 30.2 Å². The van der Waals surface area contributed by atoms with E-state index in [2.05, 4.69) is 20.0 Å². The van der Waals surface area contributed by atoms with Gasteiger partial charge in [0.05, 0.1) is 18.6 Å². The number of imidazole rings is 1. The van der Waals surface area contributed by atoms with Gasteiger partial charge in [-0.25, -0.2) is 19.4 Å². The minimum Gasteiger partial charge on any atom is -0.345 e. The lowest BCUT2D eigenvalue weighted by Gasteiger charge is -2.29. The molecule has 2 aromatic carbocycles. The summed E-state index contributed by atoms with van der Waals surface area (Å²) in [4.78, 5) is 31.2. The van der Waals surface area contributed by atoms with Gasteiger partial charge in [-0.1, -0.05) is 42.0 Å². The zero-order valence-electron chi connectivity index (χ0n) is 15.8. The summed E-state index contributed by atoms with van der Waals surface area (Å²) in [6.07, 6.45) is 3.16. The summed E-state index contributed by atoms with van der Waals surface area (Å²) < 4.78 is 13.6. The fraction of sp³-hybridized carbons (Fsp3) is 0.182. The van der Waals surface area contributed by atoms with E-state index < -0.39 is 5.41 Å². The fourth-order valence-corrected chi connectivity index (χ4v) is 4.12. The maximum atomic E-state index is 13.6. The Labute approximate surface area is 166 Å². The van der Waals surface area contributed by atoms with E-state index in [0.29, 0.717) is 23.9 Å². The molecule has 5 rings (SSSR count). The largest absolute Gasteiger partial charge is 0.345 e. The maximum absolute atomic E-state index is 13.6. The molecule has 0 bridgehead atoms. The topological polar surface area (TPSA) is 73.7 Å². The molecule has 3 heterocycles. The lowest BCUT2D eigenvalue weighted by Crippen LogP contribution is -2.39. The molecule has 7 heteroatoms. The van der Waals surface area contributed by atoms with Gasteiger partial charge in [0.25, 0.3) is 0 Å². The van der Waals surface area contributed by atoms with Gasteiger partial charge in [-0.2, -0.15) is 0 Å². The van der Waals surface area contributed by atoms with E-state index in [4.69, 9.17) is 0 Å². The number of amides is 1. The first kappa shape index (κ1) is 17.5. The third kappa shape index (κ3) is 2.69. The molecule has 1 aromatic heterocycles. The Hall–Kier alpha value is -3.61. The molecular formula is C22H18FN5O. The Morgan fingerprint density at radius 2 is 1.90 bits per heavy atom. The first-order chi connectivity index (χ1) is 14.1. The number of nitrogens with one attached hydrogen (secondary N) is 1. The average molecular weight is 387 g/mol. The molecule has 1 fully saturated rings. The van der Waals surface area contributed by atoms with Crippen molar-refractivity contribution in [3.8, 4) is 0 Å². The number of carbonyl (C=O) groups excluding carboxylic acids is 1. The highest BCUT2D eigenvalue weighted by molar-refractivity contribution is 6.16. The number of amidine groups is 1. The molecule has 0 radical (unpaired) electrons. The number of rotatable bonds is 3. The van der Waals surface area contributed by atoms with Gasteiger partial charge in [-0.3, -0.25) is 9.69 Å². The standard InChI is InChI=1S/C22H18FN5O/c1-14-2-4-15(5-3-14)11-28-18(29)10-22(16-6-8-17(23)9-7-16)19-20(25-12-24-19)26-13-27-21(22)28/h2-9,12-13H,10-11H2,1H3,(H,24,25). The summed E-state index contributed by atoms with van der Waals surface area (Å²) in [6.45, 7) is 2.42. The van der Waals surface area contributed by atoms with Crippen LogP contribution in [-0.2, 0) is 16.8 Å². The number of aromatic amines is 1. The molecule has 1 saturated heterocycles. The summed E-state index contributed by atoms with van der Waals surface area (Å²) >= 11 is 0. The number of aryl methyl sites for hydroxylation is 1. The number of carbonyl (C=O) groups is 1. The Balaban J connectivity index is 1.66. The van der Waals surface area contributed by atoms with Gasteiger partial charge in [0.2, 0.25) is 5.91 Å². The Morgan fingerprint density at radius 1 is 1.14 bits per heavy atom. The number of likely N-dealkylation sites (tertiary alicyclic amines) is 1. The summed E-state index contributed by atoms with van der Waals surface area (Å²) in [5, 5.41) is 0. The highest BCUT2D eigenvalue weighted by Crippen LogP contribution is 2.46. The van der Waals surface area contributed by atoms with Crippen LogP contribution in [0.1, 0.15) is 28.8 Å². The maximum Gasteiger partial charge on any atom is 0.230 e. The minimum atomic E-state index is -0.891. The van der Waals surface area contributed by atoms with Crippen molar-refractivity contribution >= 4 is 23.9 Å². The second-order valence-electron chi connectivity index (χ2n) is 7.35. The normalized spacial score (nSPS) is 20.3. The van der Waals surface area contributed by atoms with Crippen molar-refractivity contribution in [2.75, 3.05) is 0 Å². The van der Waals surface area contributed by atoms with Crippen molar-refractivity contribution in [3.63, 3.8) is 0 Å². The summed E-state index contributed by atoms with van der Waals surface area (Å²) in [5.74, 6) is 0.670. The first-order valence-corrected chi connectivity index (χ1v) is 9.34. The van der Waals surface area contributed by atoms with E-state index in [-0.39, 0.29) is 18.1 Å². The lowest BCUT2D eigenvalue weighted by atomic mass is 9.75. The molecule has 6 nitrogen and oxygen atoms in total. The van der Waals surface area contributed by atoms with E-state index in [1.54, 1.807) is 23.4 Å². The SMILES string of the molecule is Cc1ccc(CN2C(=O)CC3(c4ccc(F)cc4)C2=NC=Nc2nc[nH]c23)cc1. The van der Waals surface area contributed by atoms with E-state index >= 15 is 0 Å². The molecular weight excluding hydrogens is 369 g/mol. The zero-order valence-corrected chi connectivity index (χ0v) is 15.8. The Morgan fingerprint density at radius 3 is 2.66 bits per heavy atom. The predicted molar refractivity (Wildman–Crippen MR) is 108 cm³/mol. The minimum absolute atomic E-state index is 0.0514. The highest BCUT2D eigenvalue weighted by Gasteiger charge is 2.54. The van der Waals surface area contributed by atoms with Gasteiger partial charge in [0.1, 0.15) is 23.4 Å². The lowest BCUT2D eigenvalue weighted by molar-refractivity contribution is -0.126. The number of aromatic nitrogens is 2. The van der Waals surface area contributed by atoms with E-state index in [9.17, 15) is 9.18 Å². The third-order valence-electron chi connectivity index (χ3n) is 5.56. The van der Waals surface area contributed by atoms with Crippen molar-refractivity contribution in [2.24, 2.45) is 9.98 Å². The predicted octanol–water partition coefficient (Wildman–Crippen LogP) is 3.65. The van der Waals surface area contributed by atoms with Crippen molar-refractivity contribution in [2.45, 2.75) is 25.3 Å². The van der Waals surface area contributed by atoms with Gasteiger partial charge in [0, 0.05) is 6.42 Å². The molecule has 2 aliphatic heterocycles. The summed E-state index contributed by atoms with van der Waals surface area (Å²) in [5.41, 5.74) is 2.73. The molecule has 2 aliphatic rings. The van der Waals surface area contributed by atoms with E-state index in [0.717, 1.165) is 16.7 Å². The van der Waals surface area contributed by atoms with Crippen LogP contribution < -0.4 is 0 Å². The van der Waals surface area contributed by atoms with Crippen LogP contribution in [0.15, 0.2) is 64.8 Å². The number of fused-ring (bicyclic) bond motifs is 3. The monoisotopic (exact) mass is 387 g/mol. The van der Waals surface area contributed by atoms with Crippen LogP contribution >= 0.6 is 0 Å². The van der Waals surface area contributed by atoms with Gasteiger partial charge in [0.15, 0.2) is 5.82 Å². The highest BCUT2D eigenvalue weighted by atomic mass is 19.1. The Kier molecular flexibility index (Phi) is 3.91. The molecule has 0 saturated carbocycles. The van der Waals surface area contributed by atoms with Crippen LogP contribution in [0.3, 0.4) is 0 Å². The smallest absolute Gasteiger partial charge is 0.230 e. The Bertz CT molecular complexity index is 1150. The zero-order chi connectivity index (χ0) is 20.0. The van der Waals surface area contributed by atoms with Crippen LogP contribution in [-0.4, -0.2) is 32.9 Å². The van der Waals surface area contributed by atoms with Crippen LogP contribution in [0, 0.1) is 12.7 Å².